The number of urea groups is 1. The molecule has 1 aromatic carbocycles. The van der Waals surface area contributed by atoms with E-state index in [0.29, 0.717) is 17.1 Å². The molecule has 8 heteroatoms. The number of aryl methyl sites for hydroxylation is 2. The molecule has 21 heavy (non-hydrogen) atoms. The number of carboxylic acid groups (broad SMARTS) is 1. The lowest BCUT2D eigenvalue weighted by Gasteiger charge is -2.08. The molecule has 0 bridgehead atoms. The van der Waals surface area contributed by atoms with Gasteiger partial charge in [0, 0.05) is 12.7 Å². The molecule has 0 atom stereocenters. The van der Waals surface area contributed by atoms with Crippen LogP contribution in [0.15, 0.2) is 24.5 Å². The summed E-state index contributed by atoms with van der Waals surface area (Å²) in [5, 5.41) is 18.2. The molecule has 0 aliphatic heterocycles. The third-order valence-corrected chi connectivity index (χ3v) is 2.77. The Hall–Kier alpha value is -2.90. The van der Waals surface area contributed by atoms with E-state index < -0.39 is 12.0 Å². The highest BCUT2D eigenvalue weighted by Gasteiger charge is 2.09. The fraction of sp³-hybridized carbons (Fsp3) is 0.231. The van der Waals surface area contributed by atoms with E-state index in [1.165, 1.54) is 12.1 Å². The van der Waals surface area contributed by atoms with Crippen molar-refractivity contribution >= 4 is 17.7 Å². The van der Waals surface area contributed by atoms with Gasteiger partial charge < -0.3 is 15.7 Å². The first-order chi connectivity index (χ1) is 9.95. The van der Waals surface area contributed by atoms with E-state index in [4.69, 9.17) is 5.11 Å². The Morgan fingerprint density at radius 1 is 1.38 bits per heavy atom. The molecule has 0 saturated heterocycles. The second-order valence-electron chi connectivity index (χ2n) is 4.48. The number of aromatic nitrogens is 3. The zero-order chi connectivity index (χ0) is 15.4. The summed E-state index contributed by atoms with van der Waals surface area (Å²) in [4.78, 5) is 26.6. The van der Waals surface area contributed by atoms with E-state index in [0.717, 1.165) is 0 Å². The normalized spacial score (nSPS) is 10.2. The minimum atomic E-state index is -0.996. The van der Waals surface area contributed by atoms with E-state index in [2.05, 4.69) is 20.7 Å². The van der Waals surface area contributed by atoms with E-state index in [1.54, 1.807) is 31.0 Å². The lowest BCUT2D eigenvalue weighted by Crippen LogP contribution is -2.28. The molecule has 2 aromatic rings. The van der Waals surface area contributed by atoms with Crippen molar-refractivity contribution in [2.45, 2.75) is 13.5 Å². The van der Waals surface area contributed by atoms with Gasteiger partial charge in [-0.2, -0.15) is 5.10 Å². The predicted molar refractivity (Wildman–Crippen MR) is 75.0 cm³/mol. The fourth-order valence-electron chi connectivity index (χ4n) is 1.78. The molecule has 0 unspecified atom stereocenters. The van der Waals surface area contributed by atoms with Crippen LogP contribution in [0.2, 0.25) is 0 Å². The number of anilines is 1. The van der Waals surface area contributed by atoms with Crippen molar-refractivity contribution in [3.63, 3.8) is 0 Å². The zero-order valence-corrected chi connectivity index (χ0v) is 11.6. The predicted octanol–water partition coefficient (Wildman–Crippen LogP) is 1.14. The van der Waals surface area contributed by atoms with Crippen LogP contribution in [-0.4, -0.2) is 31.9 Å². The summed E-state index contributed by atoms with van der Waals surface area (Å²) in [5.74, 6) is -0.491. The second-order valence-corrected chi connectivity index (χ2v) is 4.48. The molecule has 3 N–H and O–H groups in total. The lowest BCUT2D eigenvalue weighted by atomic mass is 10.1. The number of aromatic carboxylic acids is 1. The topological polar surface area (TPSA) is 109 Å². The summed E-state index contributed by atoms with van der Waals surface area (Å²) < 4.78 is 1.54. The van der Waals surface area contributed by atoms with Crippen molar-refractivity contribution in [2.24, 2.45) is 7.05 Å². The van der Waals surface area contributed by atoms with Crippen LogP contribution < -0.4 is 10.6 Å². The average molecular weight is 289 g/mol. The highest BCUT2D eigenvalue weighted by Crippen LogP contribution is 2.15. The summed E-state index contributed by atoms with van der Waals surface area (Å²) in [6.45, 7) is 1.88. The highest BCUT2D eigenvalue weighted by atomic mass is 16.4. The molecule has 110 valence electrons. The van der Waals surface area contributed by atoms with Gasteiger partial charge in [0.2, 0.25) is 0 Å². The molecule has 8 nitrogen and oxygen atoms in total. The first-order valence-electron chi connectivity index (χ1n) is 6.19. The number of benzene rings is 1. The molecule has 0 fully saturated rings. The SMILES string of the molecule is Cc1cc(NC(=O)NCc2ncn(C)n2)ccc1C(=O)O. The number of hydrogen-bond acceptors (Lipinski definition) is 4. The van der Waals surface area contributed by atoms with Crippen LogP contribution in [0.3, 0.4) is 0 Å². The lowest BCUT2D eigenvalue weighted by molar-refractivity contribution is 0.0696. The fourth-order valence-corrected chi connectivity index (χ4v) is 1.78. The third kappa shape index (κ3) is 3.78. The van der Waals surface area contributed by atoms with Crippen LogP contribution >= 0.6 is 0 Å². The van der Waals surface area contributed by atoms with Gasteiger partial charge in [0.15, 0.2) is 5.82 Å². The Labute approximate surface area is 120 Å². The van der Waals surface area contributed by atoms with Gasteiger partial charge in [-0.05, 0) is 30.7 Å². The molecular formula is C13H15N5O3. The van der Waals surface area contributed by atoms with Crippen LogP contribution in [0.1, 0.15) is 21.7 Å². The maximum Gasteiger partial charge on any atom is 0.335 e. The van der Waals surface area contributed by atoms with Crippen molar-refractivity contribution in [2.75, 3.05) is 5.32 Å². The summed E-state index contributed by atoms with van der Waals surface area (Å²) >= 11 is 0. The van der Waals surface area contributed by atoms with Gasteiger partial charge in [-0.15, -0.1) is 0 Å². The number of carbonyl (C=O) groups is 2. The monoisotopic (exact) mass is 289 g/mol. The van der Waals surface area contributed by atoms with E-state index in [9.17, 15) is 9.59 Å². The molecule has 0 radical (unpaired) electrons. The molecule has 0 saturated carbocycles. The summed E-state index contributed by atoms with van der Waals surface area (Å²) in [6.07, 6.45) is 1.54. The second kappa shape index (κ2) is 6.04. The van der Waals surface area contributed by atoms with Gasteiger partial charge in [0.1, 0.15) is 6.33 Å². The molecule has 2 rings (SSSR count). The largest absolute Gasteiger partial charge is 0.478 e. The van der Waals surface area contributed by atoms with Gasteiger partial charge >= 0.3 is 12.0 Å². The van der Waals surface area contributed by atoms with Gasteiger partial charge in [0.05, 0.1) is 12.1 Å². The number of carboxylic acids is 1. The average Bonchev–Trinajstić information content (AvgIpc) is 2.82. The minimum Gasteiger partial charge on any atom is -0.478 e. The number of nitrogens with one attached hydrogen (secondary N) is 2. The Balaban J connectivity index is 1.93. The van der Waals surface area contributed by atoms with Crippen LogP contribution in [0.25, 0.3) is 0 Å². The minimum absolute atomic E-state index is 0.207. The summed E-state index contributed by atoms with van der Waals surface area (Å²) in [6, 6.07) is 4.18. The van der Waals surface area contributed by atoms with Gasteiger partial charge in [-0.1, -0.05) is 0 Å². The van der Waals surface area contributed by atoms with Crippen LogP contribution in [0.5, 0.6) is 0 Å². The molecule has 1 aromatic heterocycles. The van der Waals surface area contributed by atoms with Gasteiger partial charge in [0.25, 0.3) is 0 Å². The Kier molecular flexibility index (Phi) is 4.17. The van der Waals surface area contributed by atoms with Gasteiger partial charge in [-0.3, -0.25) is 4.68 Å². The number of hydrogen-bond donors (Lipinski definition) is 3. The zero-order valence-electron chi connectivity index (χ0n) is 11.6. The third-order valence-electron chi connectivity index (χ3n) is 2.77. The van der Waals surface area contributed by atoms with Crippen LogP contribution in [0, 0.1) is 6.92 Å². The summed E-state index contributed by atoms with van der Waals surface area (Å²) in [5.41, 5.74) is 1.30. The molecule has 0 aliphatic rings. The first kappa shape index (κ1) is 14.5. The van der Waals surface area contributed by atoms with Crippen molar-refractivity contribution in [3.05, 3.63) is 41.5 Å². The standard InChI is InChI=1S/C13H15N5O3/c1-8-5-9(3-4-10(8)12(19)20)16-13(21)14-6-11-15-7-18(2)17-11/h3-5,7H,6H2,1-2H3,(H,19,20)(H2,14,16,21). The molecule has 0 spiro atoms. The smallest absolute Gasteiger partial charge is 0.335 e. The van der Waals surface area contributed by atoms with Gasteiger partial charge in [-0.25, -0.2) is 14.6 Å². The molecule has 1 heterocycles. The highest BCUT2D eigenvalue weighted by molar-refractivity contribution is 5.92. The van der Waals surface area contributed by atoms with E-state index in [-0.39, 0.29) is 12.1 Å². The van der Waals surface area contributed by atoms with Crippen LogP contribution in [-0.2, 0) is 13.6 Å². The number of nitrogens with zero attached hydrogens (tertiary/aromatic N) is 3. The number of rotatable bonds is 4. The van der Waals surface area contributed by atoms with E-state index in [1.807, 2.05) is 0 Å². The first-order valence-corrected chi connectivity index (χ1v) is 6.19. The summed E-state index contributed by atoms with van der Waals surface area (Å²) in [7, 11) is 1.74. The molecule has 2 amide bonds. The number of carbonyl (C=O) groups excluding carboxylic acids is 1. The Bertz CT molecular complexity index is 680. The number of amides is 2. The maximum absolute atomic E-state index is 11.7. The maximum atomic E-state index is 11.7. The van der Waals surface area contributed by atoms with Crippen LogP contribution in [0.4, 0.5) is 10.5 Å². The quantitative estimate of drug-likeness (QED) is 0.782. The Morgan fingerprint density at radius 2 is 2.14 bits per heavy atom. The Morgan fingerprint density at radius 3 is 2.71 bits per heavy atom. The van der Waals surface area contributed by atoms with E-state index >= 15 is 0 Å². The van der Waals surface area contributed by atoms with Crippen molar-refractivity contribution in [1.29, 1.82) is 0 Å². The van der Waals surface area contributed by atoms with Crippen molar-refractivity contribution in [1.82, 2.24) is 20.1 Å². The van der Waals surface area contributed by atoms with Crippen molar-refractivity contribution in [3.8, 4) is 0 Å². The van der Waals surface area contributed by atoms with Crippen molar-refractivity contribution < 1.29 is 14.7 Å². The molecular weight excluding hydrogens is 274 g/mol. The molecule has 0 aliphatic carbocycles.